The number of hydrogen-bond acceptors (Lipinski definition) is 6. The number of amides is 2. The van der Waals surface area contributed by atoms with Crippen LogP contribution in [0.25, 0.3) is 5.57 Å². The van der Waals surface area contributed by atoms with E-state index < -0.39 is 0 Å². The molecule has 2 aromatic carbocycles. The van der Waals surface area contributed by atoms with Gasteiger partial charge in [0.05, 0.1) is 31.6 Å². The lowest BCUT2D eigenvalue weighted by Crippen LogP contribution is -2.37. The number of ether oxygens (including phenoxy) is 3. The van der Waals surface area contributed by atoms with Gasteiger partial charge in [-0.25, -0.2) is 4.90 Å². The Morgan fingerprint density at radius 2 is 1.40 bits per heavy atom. The first-order chi connectivity index (χ1) is 14.6. The van der Waals surface area contributed by atoms with E-state index in [1.165, 1.54) is 4.90 Å². The van der Waals surface area contributed by atoms with E-state index in [1.54, 1.807) is 69.9 Å². The number of benzene rings is 2. The van der Waals surface area contributed by atoms with E-state index in [9.17, 15) is 9.59 Å². The van der Waals surface area contributed by atoms with Crippen LogP contribution in [-0.4, -0.2) is 64.3 Å². The zero-order valence-electron chi connectivity index (χ0n) is 17.5. The SMILES string of the molecule is COCCN(CCOC)C1=C(c2ccc(OC)cc2)C(=O)N(c2ccccc2)C1=O. The summed E-state index contributed by atoms with van der Waals surface area (Å²) in [4.78, 5) is 30.0. The first-order valence-electron chi connectivity index (χ1n) is 9.67. The van der Waals surface area contributed by atoms with Gasteiger partial charge in [0, 0.05) is 27.3 Å². The minimum absolute atomic E-state index is 0.350. The molecule has 1 aliphatic heterocycles. The Balaban J connectivity index is 2.10. The van der Waals surface area contributed by atoms with Crippen molar-refractivity contribution in [3.05, 3.63) is 65.9 Å². The second kappa shape index (κ2) is 10.0. The standard InChI is InChI=1S/C23H26N2O5/c1-28-15-13-24(14-16-29-2)21-20(17-9-11-19(30-3)12-10-17)22(26)25(23(21)27)18-7-5-4-6-8-18/h4-12H,13-16H2,1-3H3. The van der Waals surface area contributed by atoms with Gasteiger partial charge in [0.25, 0.3) is 11.8 Å². The van der Waals surface area contributed by atoms with E-state index in [0.717, 1.165) is 0 Å². The zero-order chi connectivity index (χ0) is 21.5. The maximum atomic E-state index is 13.5. The van der Waals surface area contributed by atoms with E-state index in [2.05, 4.69) is 0 Å². The second-order valence-corrected chi connectivity index (χ2v) is 6.71. The largest absolute Gasteiger partial charge is 0.497 e. The Kier molecular flexibility index (Phi) is 7.21. The molecule has 158 valence electrons. The average molecular weight is 410 g/mol. The summed E-state index contributed by atoms with van der Waals surface area (Å²) in [6.45, 7) is 1.73. The molecule has 1 heterocycles. The highest BCUT2D eigenvalue weighted by Crippen LogP contribution is 2.35. The van der Waals surface area contributed by atoms with Crippen molar-refractivity contribution in [3.63, 3.8) is 0 Å². The Bertz CT molecular complexity index is 901. The van der Waals surface area contributed by atoms with Crippen molar-refractivity contribution in [2.24, 2.45) is 0 Å². The summed E-state index contributed by atoms with van der Waals surface area (Å²) in [6.07, 6.45) is 0. The molecule has 0 saturated heterocycles. The smallest absolute Gasteiger partial charge is 0.282 e. The molecule has 0 N–H and O–H groups in total. The number of rotatable bonds is 10. The summed E-state index contributed by atoms with van der Waals surface area (Å²) >= 11 is 0. The molecule has 0 bridgehead atoms. The summed E-state index contributed by atoms with van der Waals surface area (Å²) in [5.74, 6) is -0.0383. The molecule has 7 heteroatoms. The third kappa shape index (κ3) is 4.37. The Morgan fingerprint density at radius 1 is 0.800 bits per heavy atom. The lowest BCUT2D eigenvalue weighted by molar-refractivity contribution is -0.120. The topological polar surface area (TPSA) is 68.3 Å². The van der Waals surface area contributed by atoms with Crippen LogP contribution in [0.15, 0.2) is 60.3 Å². The van der Waals surface area contributed by atoms with Crippen LogP contribution in [0.4, 0.5) is 5.69 Å². The van der Waals surface area contributed by atoms with Crippen LogP contribution in [0.5, 0.6) is 5.75 Å². The normalized spacial score (nSPS) is 13.9. The highest BCUT2D eigenvalue weighted by Gasteiger charge is 2.42. The number of nitrogens with zero attached hydrogens (tertiary/aromatic N) is 2. The molecule has 0 saturated carbocycles. The summed E-state index contributed by atoms with van der Waals surface area (Å²) in [5.41, 5.74) is 1.90. The molecule has 1 aliphatic rings. The van der Waals surface area contributed by atoms with Crippen molar-refractivity contribution in [1.82, 2.24) is 4.90 Å². The molecule has 2 amide bonds. The Morgan fingerprint density at radius 3 is 1.93 bits per heavy atom. The average Bonchev–Trinajstić information content (AvgIpc) is 3.04. The molecular formula is C23H26N2O5. The minimum atomic E-state index is -0.357. The van der Waals surface area contributed by atoms with Crippen molar-refractivity contribution in [3.8, 4) is 5.75 Å². The van der Waals surface area contributed by atoms with Crippen LogP contribution in [0.2, 0.25) is 0 Å². The predicted octanol–water partition coefficient (Wildman–Crippen LogP) is 2.57. The van der Waals surface area contributed by atoms with Crippen LogP contribution < -0.4 is 9.64 Å². The highest BCUT2D eigenvalue weighted by molar-refractivity contribution is 6.45. The Labute approximate surface area is 176 Å². The van der Waals surface area contributed by atoms with E-state index in [1.807, 2.05) is 11.0 Å². The molecular weight excluding hydrogens is 384 g/mol. The van der Waals surface area contributed by atoms with Crippen molar-refractivity contribution in [2.75, 3.05) is 52.5 Å². The van der Waals surface area contributed by atoms with Gasteiger partial charge in [-0.2, -0.15) is 0 Å². The third-order valence-electron chi connectivity index (χ3n) is 4.90. The predicted molar refractivity (Wildman–Crippen MR) is 114 cm³/mol. The number of para-hydroxylation sites is 1. The highest BCUT2D eigenvalue weighted by atomic mass is 16.5. The van der Waals surface area contributed by atoms with Crippen molar-refractivity contribution in [1.29, 1.82) is 0 Å². The molecule has 2 aromatic rings. The van der Waals surface area contributed by atoms with E-state index in [0.29, 0.717) is 54.6 Å². The van der Waals surface area contributed by atoms with Crippen molar-refractivity contribution < 1.29 is 23.8 Å². The van der Waals surface area contributed by atoms with Gasteiger partial charge in [0.2, 0.25) is 0 Å². The first-order valence-corrected chi connectivity index (χ1v) is 9.67. The monoisotopic (exact) mass is 410 g/mol. The Hall–Kier alpha value is -3.16. The lowest BCUT2D eigenvalue weighted by atomic mass is 10.0. The van der Waals surface area contributed by atoms with Gasteiger partial charge in [0.15, 0.2) is 0 Å². The number of imide groups is 1. The first kappa shape index (κ1) is 21.5. The van der Waals surface area contributed by atoms with E-state index in [-0.39, 0.29) is 11.8 Å². The fourth-order valence-electron chi connectivity index (χ4n) is 3.38. The van der Waals surface area contributed by atoms with Crippen molar-refractivity contribution in [2.45, 2.75) is 0 Å². The summed E-state index contributed by atoms with van der Waals surface area (Å²) < 4.78 is 15.7. The van der Waals surface area contributed by atoms with Crippen molar-refractivity contribution >= 4 is 23.1 Å². The second-order valence-electron chi connectivity index (χ2n) is 6.71. The molecule has 0 aliphatic carbocycles. The minimum Gasteiger partial charge on any atom is -0.497 e. The van der Waals surface area contributed by atoms with Crippen LogP contribution in [0.3, 0.4) is 0 Å². The van der Waals surface area contributed by atoms with Crippen LogP contribution in [0, 0.1) is 0 Å². The maximum Gasteiger partial charge on any atom is 0.282 e. The summed E-state index contributed by atoms with van der Waals surface area (Å²) in [6, 6.07) is 16.1. The molecule has 0 atom stereocenters. The quantitative estimate of drug-likeness (QED) is 0.561. The van der Waals surface area contributed by atoms with Gasteiger partial charge >= 0.3 is 0 Å². The number of methoxy groups -OCH3 is 3. The molecule has 3 rings (SSSR count). The molecule has 0 fully saturated rings. The molecule has 0 aromatic heterocycles. The van der Waals surface area contributed by atoms with Gasteiger partial charge in [-0.05, 0) is 29.8 Å². The zero-order valence-corrected chi connectivity index (χ0v) is 17.5. The van der Waals surface area contributed by atoms with Crippen LogP contribution >= 0.6 is 0 Å². The van der Waals surface area contributed by atoms with Crippen LogP contribution in [0.1, 0.15) is 5.56 Å². The van der Waals surface area contributed by atoms with E-state index in [4.69, 9.17) is 14.2 Å². The molecule has 0 spiro atoms. The molecule has 7 nitrogen and oxygen atoms in total. The van der Waals surface area contributed by atoms with Crippen LogP contribution in [-0.2, 0) is 19.1 Å². The van der Waals surface area contributed by atoms with Gasteiger partial charge in [0.1, 0.15) is 11.4 Å². The maximum absolute atomic E-state index is 13.5. The third-order valence-corrected chi connectivity index (χ3v) is 4.90. The lowest BCUT2D eigenvalue weighted by Gasteiger charge is -2.25. The molecule has 0 unspecified atom stereocenters. The number of hydrogen-bond donors (Lipinski definition) is 0. The van der Waals surface area contributed by atoms with Gasteiger partial charge < -0.3 is 19.1 Å². The fourth-order valence-corrected chi connectivity index (χ4v) is 3.38. The van der Waals surface area contributed by atoms with Gasteiger partial charge in [-0.1, -0.05) is 30.3 Å². The molecule has 30 heavy (non-hydrogen) atoms. The van der Waals surface area contributed by atoms with Gasteiger partial charge in [-0.15, -0.1) is 0 Å². The van der Waals surface area contributed by atoms with Gasteiger partial charge in [-0.3, -0.25) is 9.59 Å². The fraction of sp³-hybridized carbons (Fsp3) is 0.304. The molecule has 0 radical (unpaired) electrons. The number of anilines is 1. The van der Waals surface area contributed by atoms with E-state index >= 15 is 0 Å². The summed E-state index contributed by atoms with van der Waals surface area (Å²) in [7, 11) is 4.79. The number of carbonyl (C=O) groups is 2. The number of carbonyl (C=O) groups excluding carboxylic acids is 2. The summed E-state index contributed by atoms with van der Waals surface area (Å²) in [5, 5.41) is 0.